The number of nitrogens with one attached hydrogen (secondary N) is 1. The van der Waals surface area contributed by atoms with Crippen LogP contribution in [0.2, 0.25) is 0 Å². The highest BCUT2D eigenvalue weighted by Crippen LogP contribution is 2.17. The molecule has 0 aliphatic heterocycles. The molecule has 0 aliphatic rings. The summed E-state index contributed by atoms with van der Waals surface area (Å²) in [6.07, 6.45) is 48.8. The molecule has 0 aliphatic carbocycles. The van der Waals surface area contributed by atoms with Crippen molar-refractivity contribution < 1.29 is 9.90 Å². The largest absolute Gasteiger partial charge is 0.377 e. The van der Waals surface area contributed by atoms with Gasteiger partial charge in [-0.3, -0.25) is 4.79 Å². The predicted octanol–water partition coefficient (Wildman–Crippen LogP) is 12.7. The Morgan fingerprint density at radius 3 is 0.756 bits per heavy atom. The van der Waals surface area contributed by atoms with E-state index in [4.69, 9.17) is 5.11 Å². The van der Waals surface area contributed by atoms with Crippen molar-refractivity contribution in [2.75, 3.05) is 6.73 Å². The van der Waals surface area contributed by atoms with Crippen LogP contribution in [0, 0.1) is 0 Å². The molecule has 0 heterocycles. The highest BCUT2D eigenvalue weighted by Gasteiger charge is 2.00. The molecule has 0 bridgehead atoms. The van der Waals surface area contributed by atoms with Gasteiger partial charge in [0, 0.05) is 6.42 Å². The lowest BCUT2D eigenvalue weighted by molar-refractivity contribution is -0.122. The van der Waals surface area contributed by atoms with Gasteiger partial charge in [-0.1, -0.05) is 219 Å². The third kappa shape index (κ3) is 37.4. The zero-order valence-electron chi connectivity index (χ0n) is 28.3. The standard InChI is InChI=1S/C38H77NO2/c1-2-3-4-5-6-7-8-9-10-11-12-13-14-15-16-17-18-19-20-21-22-23-24-25-26-27-28-29-30-31-32-33-34-35-36-38(41)39-37-40/h40H,2-37H2,1H3,(H,39,41). The van der Waals surface area contributed by atoms with Crippen molar-refractivity contribution in [3.05, 3.63) is 0 Å². The SMILES string of the molecule is CCCCCCCCCCCCCCCCCCCCCCCCCCCCCCCCCCCCC(=O)NCO. The topological polar surface area (TPSA) is 49.3 Å². The van der Waals surface area contributed by atoms with Crippen LogP contribution in [0.15, 0.2) is 0 Å². The molecule has 0 aromatic rings. The van der Waals surface area contributed by atoms with Gasteiger partial charge in [0.1, 0.15) is 6.73 Å². The van der Waals surface area contributed by atoms with Gasteiger partial charge < -0.3 is 10.4 Å². The van der Waals surface area contributed by atoms with E-state index in [0.29, 0.717) is 6.42 Å². The van der Waals surface area contributed by atoms with Gasteiger partial charge in [0.2, 0.25) is 5.91 Å². The van der Waals surface area contributed by atoms with E-state index in [-0.39, 0.29) is 12.6 Å². The van der Waals surface area contributed by atoms with Crippen molar-refractivity contribution in [3.8, 4) is 0 Å². The molecular formula is C38H77NO2. The zero-order valence-corrected chi connectivity index (χ0v) is 28.3. The van der Waals surface area contributed by atoms with Gasteiger partial charge in [-0.15, -0.1) is 0 Å². The summed E-state index contributed by atoms with van der Waals surface area (Å²) < 4.78 is 0. The Morgan fingerprint density at radius 2 is 0.561 bits per heavy atom. The van der Waals surface area contributed by atoms with E-state index in [9.17, 15) is 4.79 Å². The third-order valence-electron chi connectivity index (χ3n) is 9.03. The van der Waals surface area contributed by atoms with Crippen molar-refractivity contribution in [1.82, 2.24) is 5.32 Å². The van der Waals surface area contributed by atoms with Crippen LogP contribution in [-0.2, 0) is 4.79 Å². The number of unbranched alkanes of at least 4 members (excludes halogenated alkanes) is 33. The number of hydrogen-bond donors (Lipinski definition) is 2. The van der Waals surface area contributed by atoms with Crippen LogP contribution in [0.25, 0.3) is 0 Å². The number of hydrogen-bond acceptors (Lipinski definition) is 2. The van der Waals surface area contributed by atoms with Crippen molar-refractivity contribution in [1.29, 1.82) is 0 Å². The maximum absolute atomic E-state index is 11.2. The number of amides is 1. The number of rotatable bonds is 36. The summed E-state index contributed by atoms with van der Waals surface area (Å²) >= 11 is 0. The minimum atomic E-state index is -0.238. The second kappa shape index (κ2) is 37.5. The number of carbonyl (C=O) groups is 1. The number of aliphatic hydroxyl groups is 1. The first-order valence-electron chi connectivity index (χ1n) is 19.2. The monoisotopic (exact) mass is 580 g/mol. The first kappa shape index (κ1) is 40.4. The summed E-state index contributed by atoms with van der Waals surface area (Å²) in [5.41, 5.74) is 0. The Hall–Kier alpha value is -0.570. The van der Waals surface area contributed by atoms with E-state index in [2.05, 4.69) is 12.2 Å². The molecule has 0 aromatic carbocycles. The van der Waals surface area contributed by atoms with Crippen molar-refractivity contribution in [2.24, 2.45) is 0 Å². The van der Waals surface area contributed by atoms with E-state index < -0.39 is 0 Å². The molecule has 0 radical (unpaired) electrons. The maximum Gasteiger partial charge on any atom is 0.221 e. The van der Waals surface area contributed by atoms with E-state index in [1.54, 1.807) is 0 Å². The Kier molecular flexibility index (Phi) is 36.9. The number of aliphatic hydroxyl groups excluding tert-OH is 1. The smallest absolute Gasteiger partial charge is 0.221 e. The van der Waals surface area contributed by atoms with Gasteiger partial charge in [0.05, 0.1) is 0 Å². The predicted molar refractivity (Wildman–Crippen MR) is 182 cm³/mol. The normalized spacial score (nSPS) is 11.4. The minimum Gasteiger partial charge on any atom is -0.377 e. The van der Waals surface area contributed by atoms with E-state index in [1.807, 2.05) is 0 Å². The fourth-order valence-electron chi connectivity index (χ4n) is 6.19. The van der Waals surface area contributed by atoms with Crippen LogP contribution in [0.1, 0.15) is 232 Å². The third-order valence-corrected chi connectivity index (χ3v) is 9.03. The molecule has 0 saturated carbocycles. The first-order valence-corrected chi connectivity index (χ1v) is 19.2. The van der Waals surface area contributed by atoms with Crippen LogP contribution < -0.4 is 5.32 Å². The summed E-state index contributed by atoms with van der Waals surface area (Å²) in [5.74, 6) is -0.0246. The summed E-state index contributed by atoms with van der Waals surface area (Å²) in [6, 6.07) is 0. The van der Waals surface area contributed by atoms with Gasteiger partial charge >= 0.3 is 0 Å². The van der Waals surface area contributed by atoms with Gasteiger partial charge in [-0.2, -0.15) is 0 Å². The molecule has 2 N–H and O–H groups in total. The lowest BCUT2D eigenvalue weighted by atomic mass is 10.0. The van der Waals surface area contributed by atoms with Crippen LogP contribution in [0.5, 0.6) is 0 Å². The molecule has 0 rings (SSSR count). The summed E-state index contributed by atoms with van der Waals surface area (Å²) in [7, 11) is 0. The zero-order chi connectivity index (χ0) is 29.7. The van der Waals surface area contributed by atoms with E-state index in [0.717, 1.165) is 12.8 Å². The van der Waals surface area contributed by atoms with E-state index in [1.165, 1.54) is 205 Å². The van der Waals surface area contributed by atoms with Crippen molar-refractivity contribution >= 4 is 5.91 Å². The van der Waals surface area contributed by atoms with Crippen LogP contribution in [0.3, 0.4) is 0 Å². The Labute approximate surface area is 259 Å². The molecule has 0 fully saturated rings. The lowest BCUT2D eigenvalue weighted by Gasteiger charge is -2.05. The number of carbonyl (C=O) groups excluding carboxylic acids is 1. The Balaban J connectivity index is 3.05. The minimum absolute atomic E-state index is 0.0246. The highest BCUT2D eigenvalue weighted by atomic mass is 16.3. The molecule has 0 saturated heterocycles. The molecule has 3 heteroatoms. The summed E-state index contributed by atoms with van der Waals surface area (Å²) in [4.78, 5) is 11.2. The Bertz CT molecular complexity index is 481. The molecule has 0 aromatic heterocycles. The second-order valence-corrected chi connectivity index (χ2v) is 13.2. The quantitative estimate of drug-likeness (QED) is 0.0573. The van der Waals surface area contributed by atoms with Crippen molar-refractivity contribution in [3.63, 3.8) is 0 Å². The molecule has 1 amide bonds. The highest BCUT2D eigenvalue weighted by molar-refractivity contribution is 5.75. The summed E-state index contributed by atoms with van der Waals surface area (Å²) in [6.45, 7) is 2.07. The maximum atomic E-state index is 11.2. The second-order valence-electron chi connectivity index (χ2n) is 13.2. The summed E-state index contributed by atoms with van der Waals surface area (Å²) in [5, 5.41) is 11.1. The van der Waals surface area contributed by atoms with Crippen LogP contribution in [0.4, 0.5) is 0 Å². The van der Waals surface area contributed by atoms with Gasteiger partial charge in [0.15, 0.2) is 0 Å². The fourth-order valence-corrected chi connectivity index (χ4v) is 6.19. The fraction of sp³-hybridized carbons (Fsp3) is 0.974. The molecule has 3 nitrogen and oxygen atoms in total. The first-order chi connectivity index (χ1) is 20.3. The van der Waals surface area contributed by atoms with Gasteiger partial charge in [0.25, 0.3) is 0 Å². The van der Waals surface area contributed by atoms with Gasteiger partial charge in [-0.25, -0.2) is 0 Å². The molecule has 0 atom stereocenters. The van der Waals surface area contributed by atoms with Crippen LogP contribution in [-0.4, -0.2) is 17.7 Å². The molecule has 246 valence electrons. The Morgan fingerprint density at radius 1 is 0.366 bits per heavy atom. The molecule has 0 unspecified atom stereocenters. The average Bonchev–Trinajstić information content (AvgIpc) is 2.97. The average molecular weight is 580 g/mol. The molecular weight excluding hydrogens is 502 g/mol. The van der Waals surface area contributed by atoms with Crippen LogP contribution >= 0.6 is 0 Å². The lowest BCUT2D eigenvalue weighted by Crippen LogP contribution is -2.23. The molecule has 41 heavy (non-hydrogen) atoms. The van der Waals surface area contributed by atoms with Crippen molar-refractivity contribution in [2.45, 2.75) is 232 Å². The van der Waals surface area contributed by atoms with Gasteiger partial charge in [-0.05, 0) is 6.42 Å². The van der Waals surface area contributed by atoms with E-state index >= 15 is 0 Å². The molecule has 0 spiro atoms.